The van der Waals surface area contributed by atoms with Crippen LogP contribution in [0.15, 0.2) is 66.1 Å². The van der Waals surface area contributed by atoms with Gasteiger partial charge in [-0.15, -0.1) is 0 Å². The third-order valence-corrected chi connectivity index (χ3v) is 4.90. The molecule has 0 radical (unpaired) electrons. The Morgan fingerprint density at radius 3 is 2.66 bits per heavy atom. The smallest absolute Gasteiger partial charge is 0.268 e. The van der Waals surface area contributed by atoms with Gasteiger partial charge in [0.2, 0.25) is 12.0 Å². The molecule has 2 N–H and O–H groups in total. The molecule has 2 atom stereocenters. The lowest BCUT2D eigenvalue weighted by molar-refractivity contribution is -0.125. The number of benzene rings is 2. The van der Waals surface area contributed by atoms with Crippen molar-refractivity contribution in [3.63, 3.8) is 0 Å². The van der Waals surface area contributed by atoms with E-state index in [1.807, 2.05) is 0 Å². The van der Waals surface area contributed by atoms with Crippen molar-refractivity contribution in [2.24, 2.45) is 5.16 Å². The number of hydrogen-bond donors (Lipinski definition) is 2. The van der Waals surface area contributed by atoms with Crippen LogP contribution < -0.4 is 10.6 Å². The Bertz CT molecular complexity index is 1180. The predicted molar refractivity (Wildman–Crippen MR) is 113 cm³/mol. The third kappa shape index (κ3) is 4.64. The molecule has 2 heterocycles. The molecule has 0 spiro atoms. The van der Waals surface area contributed by atoms with E-state index < -0.39 is 29.7 Å². The van der Waals surface area contributed by atoms with Crippen molar-refractivity contribution in [1.29, 1.82) is 0 Å². The van der Waals surface area contributed by atoms with Crippen LogP contribution in [0.25, 0.3) is 0 Å². The summed E-state index contributed by atoms with van der Waals surface area (Å²) in [6.45, 7) is 1.71. The number of carbonyl (C=O) groups excluding carboxylic acids is 2. The molecule has 2 unspecified atom stereocenters. The van der Waals surface area contributed by atoms with E-state index >= 15 is 0 Å². The van der Waals surface area contributed by atoms with Crippen molar-refractivity contribution in [2.75, 3.05) is 10.6 Å². The van der Waals surface area contributed by atoms with Crippen LogP contribution in [0, 0.1) is 11.6 Å². The Hall–Kier alpha value is -4.08. The van der Waals surface area contributed by atoms with Gasteiger partial charge in [0.05, 0.1) is 5.71 Å². The van der Waals surface area contributed by atoms with Gasteiger partial charge in [0, 0.05) is 35.8 Å². The van der Waals surface area contributed by atoms with E-state index in [9.17, 15) is 18.4 Å². The van der Waals surface area contributed by atoms with E-state index in [1.54, 1.807) is 49.6 Å². The number of halogens is 2. The van der Waals surface area contributed by atoms with Gasteiger partial charge in [0.15, 0.2) is 0 Å². The fraction of sp³-hybridized carbons (Fsp3) is 0.182. The van der Waals surface area contributed by atoms with Crippen LogP contribution in [0.5, 0.6) is 0 Å². The molecule has 2 aromatic carbocycles. The van der Waals surface area contributed by atoms with Crippen molar-refractivity contribution in [1.82, 2.24) is 9.78 Å². The normalized spacial score (nSPS) is 16.1. The first-order valence-electron chi connectivity index (χ1n) is 9.80. The molecule has 0 fully saturated rings. The van der Waals surface area contributed by atoms with Gasteiger partial charge < -0.3 is 15.5 Å². The maximum absolute atomic E-state index is 13.9. The van der Waals surface area contributed by atoms with Gasteiger partial charge in [0.25, 0.3) is 5.91 Å². The molecule has 3 aromatic rings. The summed E-state index contributed by atoms with van der Waals surface area (Å²) in [6, 6.07) is 10.8. The number of rotatable bonds is 6. The number of amides is 2. The minimum absolute atomic E-state index is 0.00990. The Kier molecular flexibility index (Phi) is 5.93. The van der Waals surface area contributed by atoms with E-state index in [4.69, 9.17) is 4.84 Å². The standard InChI is InChI=1S/C22H19F2N5O3/c1-13(29-9-3-8-25-29)21(30)26-15-4-2-5-16(11-15)27-22(31)20-12-19(28-32-20)17-10-14(23)6-7-18(17)24/h2-11,13,20H,12H2,1H3,(H,26,30)(H,27,31). The number of nitrogens with zero attached hydrogens (tertiary/aromatic N) is 3. The average Bonchev–Trinajstić information content (AvgIpc) is 3.47. The Morgan fingerprint density at radius 1 is 1.12 bits per heavy atom. The highest BCUT2D eigenvalue weighted by molar-refractivity contribution is 6.06. The molecule has 10 heteroatoms. The van der Waals surface area contributed by atoms with Crippen molar-refractivity contribution in [3.8, 4) is 0 Å². The van der Waals surface area contributed by atoms with Gasteiger partial charge in [0.1, 0.15) is 17.7 Å². The van der Waals surface area contributed by atoms with Crippen LogP contribution in [-0.4, -0.2) is 33.4 Å². The summed E-state index contributed by atoms with van der Waals surface area (Å²) in [5, 5.41) is 13.2. The molecular formula is C22H19F2N5O3. The molecule has 0 bridgehead atoms. The van der Waals surface area contributed by atoms with Crippen LogP contribution in [0.4, 0.5) is 20.2 Å². The number of carbonyl (C=O) groups is 2. The fourth-order valence-electron chi connectivity index (χ4n) is 3.17. The van der Waals surface area contributed by atoms with E-state index in [2.05, 4.69) is 20.9 Å². The molecule has 4 rings (SSSR count). The third-order valence-electron chi connectivity index (χ3n) is 4.90. The molecule has 0 saturated carbocycles. The van der Waals surface area contributed by atoms with Gasteiger partial charge in [-0.05, 0) is 49.4 Å². The minimum atomic E-state index is -0.995. The van der Waals surface area contributed by atoms with Gasteiger partial charge in [-0.3, -0.25) is 14.3 Å². The zero-order valence-electron chi connectivity index (χ0n) is 17.0. The summed E-state index contributed by atoms with van der Waals surface area (Å²) in [7, 11) is 0. The summed E-state index contributed by atoms with van der Waals surface area (Å²) in [5.41, 5.74) is 1.01. The first-order chi connectivity index (χ1) is 15.4. The fourth-order valence-corrected chi connectivity index (χ4v) is 3.17. The van der Waals surface area contributed by atoms with E-state index in [1.165, 1.54) is 4.68 Å². The number of oxime groups is 1. The highest BCUT2D eigenvalue weighted by Gasteiger charge is 2.30. The highest BCUT2D eigenvalue weighted by atomic mass is 19.1. The Balaban J connectivity index is 1.37. The maximum atomic E-state index is 13.9. The van der Waals surface area contributed by atoms with Crippen LogP contribution >= 0.6 is 0 Å². The van der Waals surface area contributed by atoms with E-state index in [-0.39, 0.29) is 23.6 Å². The SMILES string of the molecule is CC(C(=O)Nc1cccc(NC(=O)C2CC(c3cc(F)ccc3F)=NO2)c1)n1cccn1. The lowest BCUT2D eigenvalue weighted by atomic mass is 10.0. The summed E-state index contributed by atoms with van der Waals surface area (Å²) in [6.07, 6.45) is 2.27. The molecule has 1 aliphatic rings. The second kappa shape index (κ2) is 8.96. The summed E-state index contributed by atoms with van der Waals surface area (Å²) < 4.78 is 28.9. The Morgan fingerprint density at radius 2 is 1.91 bits per heavy atom. The lowest BCUT2D eigenvalue weighted by Crippen LogP contribution is -2.28. The molecule has 1 aliphatic heterocycles. The maximum Gasteiger partial charge on any atom is 0.268 e. The van der Waals surface area contributed by atoms with Gasteiger partial charge in [-0.1, -0.05) is 11.2 Å². The largest absolute Gasteiger partial charge is 0.382 e. The molecule has 32 heavy (non-hydrogen) atoms. The topological polar surface area (TPSA) is 97.6 Å². The summed E-state index contributed by atoms with van der Waals surface area (Å²) in [5.74, 6) is -2.04. The Labute approximate surface area is 181 Å². The zero-order chi connectivity index (χ0) is 22.7. The van der Waals surface area contributed by atoms with Crippen molar-refractivity contribution in [3.05, 3.63) is 78.1 Å². The lowest BCUT2D eigenvalue weighted by Gasteiger charge is -2.14. The molecule has 0 aliphatic carbocycles. The highest BCUT2D eigenvalue weighted by Crippen LogP contribution is 2.22. The molecule has 8 nitrogen and oxygen atoms in total. The van der Waals surface area contributed by atoms with Crippen molar-refractivity contribution < 1.29 is 23.2 Å². The molecule has 0 saturated heterocycles. The number of anilines is 2. The molecule has 1 aromatic heterocycles. The summed E-state index contributed by atoms with van der Waals surface area (Å²) >= 11 is 0. The summed E-state index contributed by atoms with van der Waals surface area (Å²) in [4.78, 5) is 30.1. The van der Waals surface area contributed by atoms with E-state index in [0.717, 1.165) is 18.2 Å². The van der Waals surface area contributed by atoms with Crippen molar-refractivity contribution in [2.45, 2.75) is 25.5 Å². The second-order valence-electron chi connectivity index (χ2n) is 7.18. The first kappa shape index (κ1) is 21.2. The zero-order valence-corrected chi connectivity index (χ0v) is 17.0. The number of hydrogen-bond acceptors (Lipinski definition) is 5. The number of aromatic nitrogens is 2. The van der Waals surface area contributed by atoms with Crippen LogP contribution in [-0.2, 0) is 14.4 Å². The molecular weight excluding hydrogens is 420 g/mol. The monoisotopic (exact) mass is 439 g/mol. The first-order valence-corrected chi connectivity index (χ1v) is 9.80. The quantitative estimate of drug-likeness (QED) is 0.614. The molecule has 164 valence electrons. The minimum Gasteiger partial charge on any atom is -0.382 e. The van der Waals surface area contributed by atoms with Gasteiger partial charge in [-0.25, -0.2) is 8.78 Å². The van der Waals surface area contributed by atoms with Crippen LogP contribution in [0.2, 0.25) is 0 Å². The van der Waals surface area contributed by atoms with Crippen molar-refractivity contribution >= 4 is 28.9 Å². The predicted octanol–water partition coefficient (Wildman–Crippen LogP) is 3.49. The average molecular weight is 439 g/mol. The molecule has 2 amide bonds. The van der Waals surface area contributed by atoms with E-state index in [0.29, 0.717) is 11.4 Å². The van der Waals surface area contributed by atoms with Crippen LogP contribution in [0.3, 0.4) is 0 Å². The second-order valence-corrected chi connectivity index (χ2v) is 7.18. The van der Waals surface area contributed by atoms with Crippen LogP contribution in [0.1, 0.15) is 24.9 Å². The number of nitrogens with one attached hydrogen (secondary N) is 2. The van der Waals surface area contributed by atoms with Gasteiger partial charge >= 0.3 is 0 Å². The van der Waals surface area contributed by atoms with Gasteiger partial charge in [-0.2, -0.15) is 5.10 Å².